The fourth-order valence-electron chi connectivity index (χ4n) is 2.91. The van der Waals surface area contributed by atoms with Crippen molar-refractivity contribution in [3.8, 4) is 0 Å². The smallest absolute Gasteiger partial charge is 0.417 e. The van der Waals surface area contributed by atoms with E-state index < -0.39 is 28.1 Å². The third-order valence-corrected chi connectivity index (χ3v) is 6.00. The van der Waals surface area contributed by atoms with Gasteiger partial charge in [-0.3, -0.25) is 4.79 Å². The van der Waals surface area contributed by atoms with Gasteiger partial charge >= 0.3 is 6.09 Å². The van der Waals surface area contributed by atoms with Crippen LogP contribution in [0.25, 0.3) is 0 Å². The summed E-state index contributed by atoms with van der Waals surface area (Å²) in [5.74, 6) is -0.384. The van der Waals surface area contributed by atoms with E-state index in [0.717, 1.165) is 10.5 Å². The monoisotopic (exact) mass is 338 g/mol. The second-order valence-electron chi connectivity index (χ2n) is 5.67. The minimum atomic E-state index is -3.41. The van der Waals surface area contributed by atoms with Crippen LogP contribution in [0.15, 0.2) is 30.3 Å². The summed E-state index contributed by atoms with van der Waals surface area (Å²) in [5, 5.41) is 0. The van der Waals surface area contributed by atoms with Gasteiger partial charge in [-0.15, -0.1) is 0 Å². The zero-order chi connectivity index (χ0) is 16.4. The maximum atomic E-state index is 12.4. The summed E-state index contributed by atoms with van der Waals surface area (Å²) in [6.07, 6.45) is 0.212. The molecular weight excluding hydrogens is 320 g/mol. The topological polar surface area (TPSA) is 84.0 Å². The lowest BCUT2D eigenvalue weighted by atomic mass is 10.2. The highest BCUT2D eigenvalue weighted by Gasteiger charge is 2.42. The van der Waals surface area contributed by atoms with Gasteiger partial charge in [0.05, 0.1) is 11.8 Å². The molecular formula is C15H18N2O5S. The van der Waals surface area contributed by atoms with Gasteiger partial charge in [0.2, 0.25) is 10.0 Å². The van der Waals surface area contributed by atoms with Crippen molar-refractivity contribution in [1.29, 1.82) is 0 Å². The number of rotatable bonds is 5. The van der Waals surface area contributed by atoms with Crippen molar-refractivity contribution in [2.75, 3.05) is 25.4 Å². The van der Waals surface area contributed by atoms with Crippen LogP contribution in [0.2, 0.25) is 0 Å². The summed E-state index contributed by atoms with van der Waals surface area (Å²) in [6, 6.07) is 8.98. The molecule has 0 spiro atoms. The second-order valence-corrected chi connectivity index (χ2v) is 7.76. The van der Waals surface area contributed by atoms with Gasteiger partial charge in [0.25, 0.3) is 5.91 Å². The number of benzene rings is 1. The van der Waals surface area contributed by atoms with Gasteiger partial charge in [-0.2, -0.15) is 4.31 Å². The highest BCUT2D eigenvalue weighted by Crippen LogP contribution is 2.22. The van der Waals surface area contributed by atoms with Crippen LogP contribution >= 0.6 is 0 Å². The van der Waals surface area contributed by atoms with Gasteiger partial charge in [-0.25, -0.2) is 18.1 Å². The lowest BCUT2D eigenvalue weighted by Crippen LogP contribution is -2.42. The first kappa shape index (κ1) is 15.9. The number of sulfonamides is 1. The molecule has 2 amide bonds. The fraction of sp³-hybridized carbons (Fsp3) is 0.467. The number of aryl methyl sites for hydroxylation is 1. The summed E-state index contributed by atoms with van der Waals surface area (Å²) in [4.78, 5) is 24.3. The maximum absolute atomic E-state index is 12.4. The van der Waals surface area contributed by atoms with Crippen molar-refractivity contribution >= 4 is 22.0 Å². The Bertz CT molecular complexity index is 688. The highest BCUT2D eigenvalue weighted by molar-refractivity contribution is 7.89. The molecule has 0 radical (unpaired) electrons. The van der Waals surface area contributed by atoms with Crippen molar-refractivity contribution in [3.63, 3.8) is 0 Å². The molecule has 124 valence electrons. The molecule has 2 fully saturated rings. The molecule has 2 heterocycles. The third kappa shape index (κ3) is 3.37. The van der Waals surface area contributed by atoms with E-state index in [4.69, 9.17) is 0 Å². The van der Waals surface area contributed by atoms with Crippen LogP contribution in [0.4, 0.5) is 4.79 Å². The number of imide groups is 1. The van der Waals surface area contributed by atoms with E-state index >= 15 is 0 Å². The number of cyclic esters (lactones) is 1. The van der Waals surface area contributed by atoms with E-state index in [1.165, 1.54) is 4.31 Å². The molecule has 1 aromatic carbocycles. The Kier molecular flexibility index (Phi) is 4.36. The third-order valence-electron chi connectivity index (χ3n) is 4.16. The zero-order valence-electron chi connectivity index (χ0n) is 12.6. The Hall–Kier alpha value is -1.93. The Morgan fingerprint density at radius 2 is 1.91 bits per heavy atom. The van der Waals surface area contributed by atoms with E-state index in [-0.39, 0.29) is 18.9 Å². The second kappa shape index (κ2) is 6.29. The molecule has 1 aromatic rings. The van der Waals surface area contributed by atoms with Crippen molar-refractivity contribution in [3.05, 3.63) is 35.9 Å². The lowest BCUT2D eigenvalue weighted by molar-refractivity contribution is -0.127. The number of ether oxygens (including phenoxy) is 1. The Labute approximate surface area is 134 Å². The molecule has 2 saturated heterocycles. The predicted molar refractivity (Wildman–Crippen MR) is 82.1 cm³/mol. The summed E-state index contributed by atoms with van der Waals surface area (Å²) in [5.41, 5.74) is 0.963. The van der Waals surface area contributed by atoms with Crippen molar-refractivity contribution in [1.82, 2.24) is 9.21 Å². The molecule has 3 rings (SSSR count). The van der Waals surface area contributed by atoms with Crippen LogP contribution in [0.1, 0.15) is 12.0 Å². The van der Waals surface area contributed by atoms with Crippen LogP contribution in [0, 0.1) is 0 Å². The molecule has 2 aliphatic rings. The first-order valence-electron chi connectivity index (χ1n) is 7.48. The Balaban J connectivity index is 1.61. The average molecular weight is 338 g/mol. The van der Waals surface area contributed by atoms with Crippen LogP contribution in [0.5, 0.6) is 0 Å². The minimum Gasteiger partial charge on any atom is -0.439 e. The first-order chi connectivity index (χ1) is 11.0. The SMILES string of the molecule is O=C1COC(=O)N1[C@H]1CCN(S(=O)(=O)CCc2ccccc2)C1. The number of carbonyl (C=O) groups is 2. The summed E-state index contributed by atoms with van der Waals surface area (Å²) < 4.78 is 30.9. The maximum Gasteiger partial charge on any atom is 0.417 e. The van der Waals surface area contributed by atoms with Gasteiger partial charge in [-0.05, 0) is 18.4 Å². The molecule has 8 heteroatoms. The van der Waals surface area contributed by atoms with Crippen LogP contribution in [0.3, 0.4) is 0 Å². The number of amides is 2. The van der Waals surface area contributed by atoms with Crippen LogP contribution in [-0.2, 0) is 26.0 Å². The van der Waals surface area contributed by atoms with Crippen molar-refractivity contribution < 1.29 is 22.7 Å². The fourth-order valence-corrected chi connectivity index (χ4v) is 4.45. The van der Waals surface area contributed by atoms with E-state index in [2.05, 4.69) is 4.74 Å². The molecule has 0 saturated carbocycles. The quantitative estimate of drug-likeness (QED) is 0.785. The van der Waals surface area contributed by atoms with Crippen LogP contribution in [-0.4, -0.2) is 61.1 Å². The molecule has 0 aliphatic carbocycles. The van der Waals surface area contributed by atoms with E-state index in [9.17, 15) is 18.0 Å². The molecule has 0 unspecified atom stereocenters. The molecule has 0 bridgehead atoms. The van der Waals surface area contributed by atoms with Gasteiger partial charge in [-0.1, -0.05) is 30.3 Å². The summed E-state index contributed by atoms with van der Waals surface area (Å²) in [7, 11) is -3.41. The van der Waals surface area contributed by atoms with Crippen molar-refractivity contribution in [2.45, 2.75) is 18.9 Å². The first-order valence-corrected chi connectivity index (χ1v) is 9.09. The Morgan fingerprint density at radius 3 is 2.57 bits per heavy atom. The number of hydrogen-bond acceptors (Lipinski definition) is 5. The Morgan fingerprint density at radius 1 is 1.17 bits per heavy atom. The van der Waals surface area contributed by atoms with Gasteiger partial charge in [0, 0.05) is 13.1 Å². The average Bonchev–Trinajstić information content (AvgIpc) is 3.14. The zero-order valence-corrected chi connectivity index (χ0v) is 13.4. The minimum absolute atomic E-state index is 0.0160. The molecule has 2 aliphatic heterocycles. The predicted octanol–water partition coefficient (Wildman–Crippen LogP) is 0.612. The molecule has 23 heavy (non-hydrogen) atoms. The van der Waals surface area contributed by atoms with Gasteiger partial charge < -0.3 is 4.74 Å². The summed E-state index contributed by atoms with van der Waals surface area (Å²) in [6.45, 7) is 0.215. The molecule has 1 atom stereocenters. The van der Waals surface area contributed by atoms with E-state index in [1.807, 2.05) is 30.3 Å². The van der Waals surface area contributed by atoms with Crippen LogP contribution < -0.4 is 0 Å². The van der Waals surface area contributed by atoms with Gasteiger partial charge in [0.1, 0.15) is 0 Å². The number of carbonyl (C=O) groups excluding carboxylic acids is 2. The number of hydrogen-bond donors (Lipinski definition) is 0. The van der Waals surface area contributed by atoms with Crippen molar-refractivity contribution in [2.24, 2.45) is 0 Å². The number of nitrogens with zero attached hydrogens (tertiary/aromatic N) is 2. The van der Waals surface area contributed by atoms with E-state index in [0.29, 0.717) is 19.4 Å². The lowest BCUT2D eigenvalue weighted by Gasteiger charge is -2.20. The largest absolute Gasteiger partial charge is 0.439 e. The normalized spacial score (nSPS) is 22.6. The molecule has 7 nitrogen and oxygen atoms in total. The molecule has 0 N–H and O–H groups in total. The summed E-state index contributed by atoms with van der Waals surface area (Å²) >= 11 is 0. The standard InChI is InChI=1S/C15H18N2O5S/c18-14-11-22-15(19)17(14)13-6-8-16(10-13)23(20,21)9-7-12-4-2-1-3-5-12/h1-5,13H,6-11H2/t13-/m0/s1. The highest BCUT2D eigenvalue weighted by atomic mass is 32.2. The molecule has 0 aromatic heterocycles. The van der Waals surface area contributed by atoms with Gasteiger partial charge in [0.15, 0.2) is 6.61 Å². The van der Waals surface area contributed by atoms with E-state index in [1.54, 1.807) is 0 Å².